The average molecular weight is 176 g/mol. The van der Waals surface area contributed by atoms with Gasteiger partial charge in [-0.2, -0.15) is 0 Å². The number of fused-ring (bicyclic) bond motifs is 1. The lowest BCUT2D eigenvalue weighted by atomic mass is 10.4. The monoisotopic (exact) mass is 176 g/mol. The Kier molecular flexibility index (Phi) is 1.51. The van der Waals surface area contributed by atoms with E-state index < -0.39 is 5.91 Å². The van der Waals surface area contributed by atoms with Crippen molar-refractivity contribution in [1.29, 1.82) is 0 Å². The van der Waals surface area contributed by atoms with Crippen LogP contribution >= 0.6 is 0 Å². The van der Waals surface area contributed by atoms with Gasteiger partial charge in [-0.3, -0.25) is 9.78 Å². The van der Waals surface area contributed by atoms with Gasteiger partial charge in [-0.25, -0.2) is 4.98 Å². The second-order valence-electron chi connectivity index (χ2n) is 2.72. The molecule has 0 radical (unpaired) electrons. The minimum Gasteiger partial charge on any atom is -0.363 e. The molecule has 0 atom stereocenters. The molecule has 0 unspecified atom stereocenters. The van der Waals surface area contributed by atoms with Gasteiger partial charge >= 0.3 is 0 Å². The Morgan fingerprint density at radius 3 is 3.00 bits per heavy atom. The van der Waals surface area contributed by atoms with E-state index in [1.165, 1.54) is 0 Å². The minimum absolute atomic E-state index is 0.253. The van der Waals surface area contributed by atoms with Crippen molar-refractivity contribution in [3.8, 4) is 0 Å². The van der Waals surface area contributed by atoms with Crippen molar-refractivity contribution < 1.29 is 4.79 Å². The van der Waals surface area contributed by atoms with Crippen LogP contribution in [0.5, 0.6) is 0 Å². The maximum absolute atomic E-state index is 10.9. The molecule has 2 rings (SSSR count). The largest absolute Gasteiger partial charge is 0.363 e. The van der Waals surface area contributed by atoms with E-state index >= 15 is 0 Å². The molecule has 0 bridgehead atoms. The molecule has 5 nitrogen and oxygen atoms in total. The highest BCUT2D eigenvalue weighted by molar-refractivity contribution is 5.93. The van der Waals surface area contributed by atoms with E-state index in [2.05, 4.69) is 9.97 Å². The van der Waals surface area contributed by atoms with Crippen LogP contribution < -0.4 is 5.73 Å². The number of hydrogen-bond acceptors (Lipinski definition) is 3. The molecular formula is C8H8N4O. The van der Waals surface area contributed by atoms with Gasteiger partial charge in [0, 0.05) is 13.2 Å². The van der Waals surface area contributed by atoms with Crippen molar-refractivity contribution >= 4 is 16.9 Å². The van der Waals surface area contributed by atoms with Gasteiger partial charge in [0.25, 0.3) is 5.91 Å². The fourth-order valence-electron chi connectivity index (χ4n) is 1.27. The Morgan fingerprint density at radius 1 is 1.62 bits per heavy atom. The highest BCUT2D eigenvalue weighted by Gasteiger charge is 2.11. The number of carbonyl (C=O) groups is 1. The fourth-order valence-corrected chi connectivity index (χ4v) is 1.27. The van der Waals surface area contributed by atoms with Crippen LogP contribution in [0.3, 0.4) is 0 Å². The summed E-state index contributed by atoms with van der Waals surface area (Å²) in [7, 11) is 1.75. The highest BCUT2D eigenvalue weighted by Crippen LogP contribution is 2.11. The van der Waals surface area contributed by atoms with Gasteiger partial charge in [0.1, 0.15) is 5.52 Å². The number of aryl methyl sites for hydroxylation is 1. The number of nitrogens with two attached hydrogens (primary N) is 1. The van der Waals surface area contributed by atoms with Crippen LogP contribution in [0.25, 0.3) is 11.0 Å². The third-order valence-corrected chi connectivity index (χ3v) is 1.90. The summed E-state index contributed by atoms with van der Waals surface area (Å²) in [5.41, 5.74) is 6.67. The van der Waals surface area contributed by atoms with Gasteiger partial charge in [0.2, 0.25) is 0 Å². The molecule has 0 saturated heterocycles. The van der Waals surface area contributed by atoms with E-state index in [0.29, 0.717) is 5.52 Å². The summed E-state index contributed by atoms with van der Waals surface area (Å²) in [4.78, 5) is 18.8. The van der Waals surface area contributed by atoms with E-state index in [1.807, 2.05) is 0 Å². The number of primary amides is 1. The molecule has 2 aromatic rings. The third-order valence-electron chi connectivity index (χ3n) is 1.90. The maximum atomic E-state index is 10.9. The fraction of sp³-hybridized carbons (Fsp3) is 0.125. The quantitative estimate of drug-likeness (QED) is 0.668. The van der Waals surface area contributed by atoms with Crippen molar-refractivity contribution in [2.45, 2.75) is 0 Å². The van der Waals surface area contributed by atoms with Gasteiger partial charge in [-0.15, -0.1) is 0 Å². The normalized spacial score (nSPS) is 10.5. The van der Waals surface area contributed by atoms with E-state index in [0.717, 1.165) is 5.52 Å². The zero-order valence-electron chi connectivity index (χ0n) is 7.06. The summed E-state index contributed by atoms with van der Waals surface area (Å²) in [6.45, 7) is 0. The molecular weight excluding hydrogens is 168 g/mol. The molecule has 2 aromatic heterocycles. The SMILES string of the molecule is Cn1c(C(N)=O)nc2cnccc21. The Balaban J connectivity index is 2.81. The van der Waals surface area contributed by atoms with Crippen molar-refractivity contribution in [3.05, 3.63) is 24.3 Å². The minimum atomic E-state index is -0.529. The summed E-state index contributed by atoms with van der Waals surface area (Å²) in [5.74, 6) is -0.276. The summed E-state index contributed by atoms with van der Waals surface area (Å²) in [6, 6.07) is 1.79. The Labute approximate surface area is 74.2 Å². The van der Waals surface area contributed by atoms with Gasteiger partial charge in [-0.05, 0) is 6.07 Å². The molecule has 5 heteroatoms. The molecule has 0 fully saturated rings. The first-order valence-corrected chi connectivity index (χ1v) is 3.76. The number of hydrogen-bond donors (Lipinski definition) is 1. The number of carbonyl (C=O) groups excluding carboxylic acids is 1. The van der Waals surface area contributed by atoms with Gasteiger partial charge < -0.3 is 10.3 Å². The van der Waals surface area contributed by atoms with Crippen LogP contribution in [0, 0.1) is 0 Å². The van der Waals surface area contributed by atoms with Crippen molar-refractivity contribution in [3.63, 3.8) is 0 Å². The summed E-state index contributed by atoms with van der Waals surface area (Å²) < 4.78 is 1.65. The van der Waals surface area contributed by atoms with E-state index in [4.69, 9.17) is 5.73 Å². The number of nitrogens with zero attached hydrogens (tertiary/aromatic N) is 3. The van der Waals surface area contributed by atoms with Crippen LogP contribution in [-0.2, 0) is 7.05 Å². The Morgan fingerprint density at radius 2 is 2.38 bits per heavy atom. The lowest BCUT2D eigenvalue weighted by Crippen LogP contribution is -2.16. The van der Waals surface area contributed by atoms with Crippen LogP contribution in [0.2, 0.25) is 0 Å². The van der Waals surface area contributed by atoms with Crippen molar-refractivity contribution in [1.82, 2.24) is 14.5 Å². The first kappa shape index (κ1) is 7.72. The third kappa shape index (κ3) is 1.05. The molecule has 0 aromatic carbocycles. The zero-order chi connectivity index (χ0) is 9.42. The highest BCUT2D eigenvalue weighted by atomic mass is 16.1. The second kappa shape index (κ2) is 2.55. The predicted octanol–water partition coefficient (Wildman–Crippen LogP) is 0.0672. The second-order valence-corrected chi connectivity index (χ2v) is 2.72. The van der Waals surface area contributed by atoms with Crippen molar-refractivity contribution in [2.24, 2.45) is 12.8 Å². The maximum Gasteiger partial charge on any atom is 0.284 e. The van der Waals surface area contributed by atoms with Gasteiger partial charge in [0.05, 0.1) is 11.7 Å². The molecule has 0 saturated carbocycles. The molecule has 2 N–H and O–H groups in total. The molecule has 13 heavy (non-hydrogen) atoms. The molecule has 0 spiro atoms. The molecule has 1 amide bonds. The number of aromatic nitrogens is 3. The molecule has 0 aliphatic heterocycles. The summed E-state index contributed by atoms with van der Waals surface area (Å²) in [6.07, 6.45) is 3.25. The van der Waals surface area contributed by atoms with Crippen LogP contribution in [0.1, 0.15) is 10.6 Å². The number of imidazole rings is 1. The standard InChI is InChI=1S/C8H8N4O/c1-12-6-2-3-10-4-5(6)11-8(12)7(9)13/h2-4H,1H3,(H2,9,13). The van der Waals surface area contributed by atoms with Gasteiger partial charge in [-0.1, -0.05) is 0 Å². The van der Waals surface area contributed by atoms with Crippen LogP contribution in [0.15, 0.2) is 18.5 Å². The lowest BCUT2D eigenvalue weighted by molar-refractivity contribution is 0.0988. The van der Waals surface area contributed by atoms with Crippen molar-refractivity contribution in [2.75, 3.05) is 0 Å². The molecule has 66 valence electrons. The van der Waals surface area contributed by atoms with E-state index in [1.54, 1.807) is 30.1 Å². The van der Waals surface area contributed by atoms with Crippen LogP contribution in [-0.4, -0.2) is 20.4 Å². The number of rotatable bonds is 1. The molecule has 2 heterocycles. The smallest absolute Gasteiger partial charge is 0.284 e. The number of amides is 1. The first-order valence-electron chi connectivity index (χ1n) is 3.76. The first-order chi connectivity index (χ1) is 6.20. The lowest BCUT2D eigenvalue weighted by Gasteiger charge is -1.95. The van der Waals surface area contributed by atoms with Gasteiger partial charge in [0.15, 0.2) is 5.82 Å². The Bertz CT molecular complexity index is 474. The zero-order valence-corrected chi connectivity index (χ0v) is 7.06. The topological polar surface area (TPSA) is 73.8 Å². The molecule has 0 aliphatic rings. The Hall–Kier alpha value is -1.91. The summed E-state index contributed by atoms with van der Waals surface area (Å²) >= 11 is 0. The summed E-state index contributed by atoms with van der Waals surface area (Å²) in [5, 5.41) is 0. The predicted molar refractivity (Wildman–Crippen MR) is 47.0 cm³/mol. The van der Waals surface area contributed by atoms with Crippen LogP contribution in [0.4, 0.5) is 0 Å². The molecule has 0 aliphatic carbocycles. The average Bonchev–Trinajstić information content (AvgIpc) is 2.45. The van der Waals surface area contributed by atoms with E-state index in [9.17, 15) is 4.79 Å². The van der Waals surface area contributed by atoms with E-state index in [-0.39, 0.29) is 5.82 Å². The number of pyridine rings is 1.